The number of fused-ring (bicyclic) bond motifs is 1. The summed E-state index contributed by atoms with van der Waals surface area (Å²) in [7, 11) is -0.507. The van der Waals surface area contributed by atoms with Crippen LogP contribution in [0, 0.1) is 5.92 Å². The van der Waals surface area contributed by atoms with Gasteiger partial charge in [0, 0.05) is 50.3 Å². The molecule has 0 fully saturated rings. The average Bonchev–Trinajstić information content (AvgIpc) is 3.40. The van der Waals surface area contributed by atoms with E-state index in [1.807, 2.05) is 30.8 Å². The van der Waals surface area contributed by atoms with Crippen LogP contribution < -0.4 is 20.1 Å². The van der Waals surface area contributed by atoms with Gasteiger partial charge in [0.2, 0.25) is 15.9 Å². The van der Waals surface area contributed by atoms with Crippen molar-refractivity contribution in [3.05, 3.63) is 66.2 Å². The van der Waals surface area contributed by atoms with Crippen LogP contribution in [0.1, 0.15) is 24.2 Å². The van der Waals surface area contributed by atoms with Gasteiger partial charge in [-0.1, -0.05) is 23.5 Å². The molecular formula is C27H32N6O4S3. The van der Waals surface area contributed by atoms with E-state index < -0.39 is 10.0 Å². The number of amides is 1. The summed E-state index contributed by atoms with van der Waals surface area (Å²) in [5.41, 5.74) is 1.52. The van der Waals surface area contributed by atoms with Gasteiger partial charge in [0.15, 0.2) is 5.13 Å². The van der Waals surface area contributed by atoms with Crippen molar-refractivity contribution < 1.29 is 17.9 Å². The zero-order valence-electron chi connectivity index (χ0n) is 22.5. The van der Waals surface area contributed by atoms with Crippen LogP contribution in [0.3, 0.4) is 0 Å². The molecule has 0 aliphatic carbocycles. The third-order valence-electron chi connectivity index (χ3n) is 6.28. The molecule has 10 nitrogen and oxygen atoms in total. The van der Waals surface area contributed by atoms with E-state index in [-0.39, 0.29) is 23.3 Å². The molecule has 212 valence electrons. The summed E-state index contributed by atoms with van der Waals surface area (Å²) in [5.74, 6) is 1.45. The molecule has 3 N–H and O–H groups in total. The maximum Gasteiger partial charge on any atom is 0.240 e. The number of hydrogen-bond acceptors (Lipinski definition) is 10. The summed E-state index contributed by atoms with van der Waals surface area (Å²) >= 11 is 2.97. The van der Waals surface area contributed by atoms with E-state index in [2.05, 4.69) is 30.3 Å². The number of nitrogens with zero attached hydrogens (tertiary/aromatic N) is 3. The molecule has 40 heavy (non-hydrogen) atoms. The highest BCUT2D eigenvalue weighted by Crippen LogP contribution is 2.29. The first-order valence-corrected chi connectivity index (χ1v) is 16.1. The van der Waals surface area contributed by atoms with E-state index in [9.17, 15) is 13.2 Å². The SMILES string of the molecule is CNC(=O)CC(CCc1ncc(SC)cn1)CNc1nc2ccc(S(=O)(=O)NCc3ccc(OC)cc3)cc2s1. The van der Waals surface area contributed by atoms with Crippen molar-refractivity contribution in [3.8, 4) is 5.75 Å². The minimum Gasteiger partial charge on any atom is -0.497 e. The number of nitrogens with one attached hydrogen (secondary N) is 3. The Balaban J connectivity index is 1.39. The van der Waals surface area contributed by atoms with Crippen molar-refractivity contribution in [2.24, 2.45) is 5.92 Å². The van der Waals surface area contributed by atoms with Gasteiger partial charge < -0.3 is 15.4 Å². The van der Waals surface area contributed by atoms with E-state index in [4.69, 9.17) is 4.74 Å². The first-order chi connectivity index (χ1) is 19.3. The molecule has 1 atom stereocenters. The molecule has 1 amide bonds. The standard InChI is InChI=1S/C27H32N6O4S3/c1-28-26(34)12-19(6-11-25-29-16-21(38-3)17-30-25)14-31-27-33-23-10-9-22(13-24(23)39-27)40(35,36)32-15-18-4-7-20(37-2)8-5-18/h4-5,7-10,13,16-17,19,32H,6,11-12,14-15H2,1-3H3,(H,28,34)(H,31,33). The molecular weight excluding hydrogens is 569 g/mol. The van der Waals surface area contributed by atoms with Crippen LogP contribution in [0.5, 0.6) is 5.75 Å². The van der Waals surface area contributed by atoms with Crippen molar-refractivity contribution >= 4 is 54.4 Å². The number of thiazole rings is 1. The number of sulfonamides is 1. The molecule has 0 saturated carbocycles. The quantitative estimate of drug-likeness (QED) is 0.183. The first kappa shape index (κ1) is 29.7. The Morgan fingerprint density at radius 3 is 2.55 bits per heavy atom. The van der Waals surface area contributed by atoms with Crippen LogP contribution in [0.4, 0.5) is 5.13 Å². The predicted molar refractivity (Wildman–Crippen MR) is 159 cm³/mol. The highest BCUT2D eigenvalue weighted by Gasteiger charge is 2.18. The molecule has 0 aliphatic heterocycles. The van der Waals surface area contributed by atoms with Gasteiger partial charge in [0.1, 0.15) is 11.6 Å². The fourth-order valence-electron chi connectivity index (χ4n) is 3.94. The van der Waals surface area contributed by atoms with Crippen molar-refractivity contribution in [2.45, 2.75) is 35.6 Å². The molecule has 0 radical (unpaired) electrons. The molecule has 13 heteroatoms. The lowest BCUT2D eigenvalue weighted by Gasteiger charge is -2.16. The lowest BCUT2D eigenvalue weighted by molar-refractivity contribution is -0.121. The molecule has 4 aromatic rings. The predicted octanol–water partition coefficient (Wildman–Crippen LogP) is 4.09. The van der Waals surface area contributed by atoms with Gasteiger partial charge in [0.05, 0.1) is 22.2 Å². The van der Waals surface area contributed by atoms with Crippen LogP contribution in [0.25, 0.3) is 10.2 Å². The summed E-state index contributed by atoms with van der Waals surface area (Å²) in [6.45, 7) is 0.698. The molecule has 2 aromatic heterocycles. The van der Waals surface area contributed by atoms with Crippen molar-refractivity contribution in [3.63, 3.8) is 0 Å². The van der Waals surface area contributed by atoms with Gasteiger partial charge >= 0.3 is 0 Å². The van der Waals surface area contributed by atoms with Gasteiger partial charge in [0.25, 0.3) is 0 Å². The summed E-state index contributed by atoms with van der Waals surface area (Å²) < 4.78 is 34.4. The monoisotopic (exact) mass is 600 g/mol. The third-order valence-corrected chi connectivity index (χ3v) is 9.34. The summed E-state index contributed by atoms with van der Waals surface area (Å²) in [6.07, 6.45) is 7.34. The second-order valence-corrected chi connectivity index (χ2v) is 12.7. The summed E-state index contributed by atoms with van der Waals surface area (Å²) in [4.78, 5) is 26.7. The minimum atomic E-state index is -3.72. The molecule has 0 bridgehead atoms. The Morgan fingerprint density at radius 1 is 1.12 bits per heavy atom. The minimum absolute atomic E-state index is 0.0354. The Hall–Kier alpha value is -3.26. The molecule has 0 aliphatic rings. The van der Waals surface area contributed by atoms with Crippen molar-refractivity contribution in [1.29, 1.82) is 0 Å². The lowest BCUT2D eigenvalue weighted by Crippen LogP contribution is -2.25. The summed E-state index contributed by atoms with van der Waals surface area (Å²) in [5, 5.41) is 6.70. The first-order valence-electron chi connectivity index (χ1n) is 12.6. The number of aryl methyl sites for hydroxylation is 1. The Bertz CT molecular complexity index is 1530. The lowest BCUT2D eigenvalue weighted by atomic mass is 9.98. The number of carbonyl (C=O) groups excluding carboxylic acids is 1. The Kier molecular flexibility index (Phi) is 10.3. The highest BCUT2D eigenvalue weighted by molar-refractivity contribution is 7.98. The second-order valence-electron chi connectivity index (χ2n) is 9.02. The van der Waals surface area contributed by atoms with Gasteiger partial charge in [-0.15, -0.1) is 11.8 Å². The van der Waals surface area contributed by atoms with Crippen LogP contribution in [-0.2, 0) is 27.8 Å². The number of ether oxygens (including phenoxy) is 1. The normalized spacial score (nSPS) is 12.3. The Labute approximate surface area is 242 Å². The number of benzene rings is 2. The number of aromatic nitrogens is 3. The molecule has 0 saturated heterocycles. The highest BCUT2D eigenvalue weighted by atomic mass is 32.2. The largest absolute Gasteiger partial charge is 0.497 e. The zero-order chi connectivity index (χ0) is 28.5. The number of hydrogen-bond donors (Lipinski definition) is 3. The van der Waals surface area contributed by atoms with Gasteiger partial charge in [-0.3, -0.25) is 4.79 Å². The van der Waals surface area contributed by atoms with E-state index in [1.165, 1.54) is 11.3 Å². The maximum atomic E-state index is 12.9. The van der Waals surface area contributed by atoms with Crippen LogP contribution in [0.15, 0.2) is 64.6 Å². The fourth-order valence-corrected chi connectivity index (χ4v) is 6.28. The van der Waals surface area contributed by atoms with Gasteiger partial charge in [-0.25, -0.2) is 28.1 Å². The van der Waals surface area contributed by atoms with E-state index in [1.54, 1.807) is 56.3 Å². The van der Waals surface area contributed by atoms with Crippen LogP contribution in [-0.4, -0.2) is 56.2 Å². The van der Waals surface area contributed by atoms with Gasteiger partial charge in [-0.2, -0.15) is 0 Å². The molecule has 4 rings (SSSR count). The van der Waals surface area contributed by atoms with E-state index in [0.717, 1.165) is 27.4 Å². The topological polar surface area (TPSA) is 135 Å². The number of thioether (sulfide) groups is 1. The average molecular weight is 601 g/mol. The number of anilines is 1. The van der Waals surface area contributed by atoms with Gasteiger partial charge in [-0.05, 0) is 54.5 Å². The van der Waals surface area contributed by atoms with E-state index in [0.29, 0.717) is 35.8 Å². The second kappa shape index (κ2) is 13.9. The van der Waals surface area contributed by atoms with Crippen molar-refractivity contribution in [1.82, 2.24) is 25.0 Å². The van der Waals surface area contributed by atoms with Crippen molar-refractivity contribution in [2.75, 3.05) is 32.3 Å². The maximum absolute atomic E-state index is 12.9. The smallest absolute Gasteiger partial charge is 0.240 e. The molecule has 1 unspecified atom stereocenters. The third kappa shape index (κ3) is 8.13. The number of rotatable bonds is 14. The fraction of sp³-hybridized carbons (Fsp3) is 0.333. The number of methoxy groups -OCH3 is 1. The number of carbonyl (C=O) groups is 1. The summed E-state index contributed by atoms with van der Waals surface area (Å²) in [6, 6.07) is 12.1. The zero-order valence-corrected chi connectivity index (χ0v) is 25.0. The molecule has 2 heterocycles. The molecule has 0 spiro atoms. The molecule has 2 aromatic carbocycles. The Morgan fingerprint density at radius 2 is 1.88 bits per heavy atom. The van der Waals surface area contributed by atoms with Crippen LogP contribution in [0.2, 0.25) is 0 Å². The van der Waals surface area contributed by atoms with E-state index >= 15 is 0 Å². The van der Waals surface area contributed by atoms with Crippen LogP contribution >= 0.6 is 23.1 Å².